The van der Waals surface area contributed by atoms with Gasteiger partial charge in [-0.25, -0.2) is 0 Å². The second kappa shape index (κ2) is 10.7. The average Bonchev–Trinajstić information content (AvgIpc) is 3.12. The third kappa shape index (κ3) is 6.50. The summed E-state index contributed by atoms with van der Waals surface area (Å²) in [6.45, 7) is 10.2. The fourth-order valence-electron chi connectivity index (χ4n) is 3.69. The SMILES string of the molecule is CCNC(=NCCn1cc(C)cn1)N1CCC(OCC2CCCCO2)CC1. The summed E-state index contributed by atoms with van der Waals surface area (Å²) >= 11 is 0. The third-order valence-corrected chi connectivity index (χ3v) is 5.22. The van der Waals surface area contributed by atoms with Crippen LogP contribution in [0.3, 0.4) is 0 Å². The van der Waals surface area contributed by atoms with Gasteiger partial charge < -0.3 is 19.7 Å². The van der Waals surface area contributed by atoms with E-state index < -0.39 is 0 Å². The number of hydrogen-bond acceptors (Lipinski definition) is 4. The molecule has 152 valence electrons. The lowest BCUT2D eigenvalue weighted by Gasteiger charge is -2.35. The molecule has 0 amide bonds. The normalized spacial score (nSPS) is 22.2. The van der Waals surface area contributed by atoms with Crippen molar-refractivity contribution in [2.45, 2.75) is 64.7 Å². The Hall–Kier alpha value is -1.60. The molecule has 27 heavy (non-hydrogen) atoms. The van der Waals surface area contributed by atoms with Crippen molar-refractivity contribution in [2.75, 3.05) is 39.4 Å². The molecule has 1 atom stereocenters. The molecule has 3 rings (SSSR count). The molecule has 2 saturated heterocycles. The monoisotopic (exact) mass is 377 g/mol. The van der Waals surface area contributed by atoms with E-state index in [-0.39, 0.29) is 0 Å². The summed E-state index contributed by atoms with van der Waals surface area (Å²) in [6.07, 6.45) is 10.3. The van der Waals surface area contributed by atoms with Gasteiger partial charge >= 0.3 is 0 Å². The zero-order chi connectivity index (χ0) is 18.9. The molecule has 1 aromatic rings. The van der Waals surface area contributed by atoms with Gasteiger partial charge in [-0.15, -0.1) is 0 Å². The van der Waals surface area contributed by atoms with Crippen molar-refractivity contribution < 1.29 is 9.47 Å². The molecule has 3 heterocycles. The van der Waals surface area contributed by atoms with Gasteiger partial charge in [-0.05, 0) is 51.5 Å². The molecule has 0 radical (unpaired) electrons. The van der Waals surface area contributed by atoms with Gasteiger partial charge in [-0.2, -0.15) is 5.10 Å². The molecule has 0 bridgehead atoms. The van der Waals surface area contributed by atoms with E-state index in [0.29, 0.717) is 12.2 Å². The van der Waals surface area contributed by atoms with Gasteiger partial charge in [0.2, 0.25) is 0 Å². The molecule has 0 saturated carbocycles. The van der Waals surface area contributed by atoms with E-state index in [0.717, 1.165) is 71.2 Å². The molecular weight excluding hydrogens is 342 g/mol. The first kappa shape index (κ1) is 20.1. The van der Waals surface area contributed by atoms with E-state index >= 15 is 0 Å². The highest BCUT2D eigenvalue weighted by Gasteiger charge is 2.23. The lowest BCUT2D eigenvalue weighted by atomic mass is 10.1. The number of piperidine rings is 1. The molecule has 0 spiro atoms. The second-order valence-corrected chi connectivity index (χ2v) is 7.52. The van der Waals surface area contributed by atoms with Crippen molar-refractivity contribution in [3.05, 3.63) is 18.0 Å². The fraction of sp³-hybridized carbons (Fsp3) is 0.800. The quantitative estimate of drug-likeness (QED) is 0.583. The predicted octanol–water partition coefficient (Wildman–Crippen LogP) is 2.21. The van der Waals surface area contributed by atoms with Crippen LogP contribution in [0.5, 0.6) is 0 Å². The first-order valence-electron chi connectivity index (χ1n) is 10.5. The van der Waals surface area contributed by atoms with Crippen LogP contribution in [-0.4, -0.2) is 72.2 Å². The minimum absolute atomic E-state index is 0.307. The minimum atomic E-state index is 0.307. The largest absolute Gasteiger partial charge is 0.376 e. The second-order valence-electron chi connectivity index (χ2n) is 7.52. The molecule has 0 aromatic carbocycles. The van der Waals surface area contributed by atoms with Crippen molar-refractivity contribution in [2.24, 2.45) is 4.99 Å². The van der Waals surface area contributed by atoms with Gasteiger partial charge in [0, 0.05) is 32.4 Å². The van der Waals surface area contributed by atoms with Crippen LogP contribution in [0.2, 0.25) is 0 Å². The molecule has 1 aromatic heterocycles. The van der Waals surface area contributed by atoms with Crippen LogP contribution in [0.15, 0.2) is 17.4 Å². The molecule has 2 fully saturated rings. The summed E-state index contributed by atoms with van der Waals surface area (Å²) in [5.41, 5.74) is 1.19. The summed E-state index contributed by atoms with van der Waals surface area (Å²) in [7, 11) is 0. The number of guanidine groups is 1. The highest BCUT2D eigenvalue weighted by Crippen LogP contribution is 2.18. The van der Waals surface area contributed by atoms with Crippen LogP contribution >= 0.6 is 0 Å². The van der Waals surface area contributed by atoms with Gasteiger partial charge in [0.05, 0.1) is 38.1 Å². The lowest BCUT2D eigenvalue weighted by molar-refractivity contribution is -0.0721. The van der Waals surface area contributed by atoms with Gasteiger partial charge in [-0.1, -0.05) is 0 Å². The summed E-state index contributed by atoms with van der Waals surface area (Å²) in [6, 6.07) is 0. The first-order chi connectivity index (χ1) is 13.2. The smallest absolute Gasteiger partial charge is 0.193 e. The van der Waals surface area contributed by atoms with Crippen molar-refractivity contribution in [1.82, 2.24) is 20.0 Å². The van der Waals surface area contributed by atoms with E-state index in [1.807, 2.05) is 10.9 Å². The van der Waals surface area contributed by atoms with Crippen LogP contribution in [0.4, 0.5) is 0 Å². The minimum Gasteiger partial charge on any atom is -0.376 e. The molecule has 2 aliphatic rings. The van der Waals surface area contributed by atoms with E-state index in [4.69, 9.17) is 14.5 Å². The molecule has 1 N–H and O–H groups in total. The summed E-state index contributed by atoms with van der Waals surface area (Å²) in [4.78, 5) is 7.15. The Balaban J connectivity index is 1.41. The third-order valence-electron chi connectivity index (χ3n) is 5.22. The van der Waals surface area contributed by atoms with Crippen LogP contribution in [0.1, 0.15) is 44.6 Å². The van der Waals surface area contributed by atoms with E-state index in [1.54, 1.807) is 0 Å². The number of aryl methyl sites for hydroxylation is 1. The van der Waals surface area contributed by atoms with E-state index in [9.17, 15) is 0 Å². The number of hydrogen-bond donors (Lipinski definition) is 1. The Labute approximate surface area is 163 Å². The highest BCUT2D eigenvalue weighted by molar-refractivity contribution is 5.80. The van der Waals surface area contributed by atoms with Gasteiger partial charge in [-0.3, -0.25) is 9.67 Å². The number of ether oxygens (including phenoxy) is 2. The van der Waals surface area contributed by atoms with Crippen LogP contribution in [0.25, 0.3) is 0 Å². The molecular formula is C20H35N5O2. The lowest BCUT2D eigenvalue weighted by Crippen LogP contribution is -2.47. The molecule has 0 aliphatic carbocycles. The number of aliphatic imine (C=N–C) groups is 1. The maximum Gasteiger partial charge on any atom is 0.193 e. The Kier molecular flexibility index (Phi) is 7.95. The first-order valence-corrected chi connectivity index (χ1v) is 10.5. The van der Waals surface area contributed by atoms with Crippen LogP contribution < -0.4 is 5.32 Å². The van der Waals surface area contributed by atoms with E-state index in [1.165, 1.54) is 18.4 Å². The van der Waals surface area contributed by atoms with Crippen molar-refractivity contribution in [3.8, 4) is 0 Å². The zero-order valence-corrected chi connectivity index (χ0v) is 16.9. The predicted molar refractivity (Wildman–Crippen MR) is 107 cm³/mol. The Morgan fingerprint density at radius 2 is 2.19 bits per heavy atom. The molecule has 1 unspecified atom stereocenters. The van der Waals surface area contributed by atoms with Crippen molar-refractivity contribution in [1.29, 1.82) is 0 Å². The Bertz CT molecular complexity index is 575. The Morgan fingerprint density at radius 3 is 2.85 bits per heavy atom. The van der Waals surface area contributed by atoms with Gasteiger partial charge in [0.15, 0.2) is 5.96 Å². The highest BCUT2D eigenvalue weighted by atomic mass is 16.5. The summed E-state index contributed by atoms with van der Waals surface area (Å²) < 4.78 is 13.9. The van der Waals surface area contributed by atoms with Gasteiger partial charge in [0.1, 0.15) is 0 Å². The van der Waals surface area contributed by atoms with E-state index in [2.05, 4.69) is 35.4 Å². The van der Waals surface area contributed by atoms with Crippen molar-refractivity contribution >= 4 is 5.96 Å². The zero-order valence-electron chi connectivity index (χ0n) is 16.9. The topological polar surface area (TPSA) is 63.9 Å². The summed E-state index contributed by atoms with van der Waals surface area (Å²) in [5.74, 6) is 1.01. The van der Waals surface area contributed by atoms with Crippen LogP contribution in [0, 0.1) is 6.92 Å². The standard InChI is InChI=1S/C20H35N5O2/c1-3-21-20(22-9-12-25-15-17(2)14-23-25)24-10-7-18(8-11-24)27-16-19-6-4-5-13-26-19/h14-15,18-19H,3-13,16H2,1-2H3,(H,21,22). The fourth-order valence-corrected chi connectivity index (χ4v) is 3.69. The molecule has 7 heteroatoms. The number of aromatic nitrogens is 2. The molecule has 7 nitrogen and oxygen atoms in total. The number of rotatable bonds is 7. The van der Waals surface area contributed by atoms with Crippen molar-refractivity contribution in [3.63, 3.8) is 0 Å². The number of nitrogens with zero attached hydrogens (tertiary/aromatic N) is 4. The number of likely N-dealkylation sites (tertiary alicyclic amines) is 1. The van der Waals surface area contributed by atoms with Crippen LogP contribution in [-0.2, 0) is 16.0 Å². The summed E-state index contributed by atoms with van der Waals surface area (Å²) in [5, 5.41) is 7.75. The molecule has 2 aliphatic heterocycles. The average molecular weight is 378 g/mol. The maximum atomic E-state index is 6.13. The Morgan fingerprint density at radius 1 is 1.33 bits per heavy atom. The van der Waals surface area contributed by atoms with Gasteiger partial charge in [0.25, 0.3) is 0 Å². The maximum absolute atomic E-state index is 6.13. The number of nitrogens with one attached hydrogen (secondary N) is 1.